The summed E-state index contributed by atoms with van der Waals surface area (Å²) in [5.74, 6) is 0. The molecule has 1 fully saturated rings. The second kappa shape index (κ2) is 3.86. The van der Waals surface area contributed by atoms with Crippen molar-refractivity contribution in [2.24, 2.45) is 0 Å². The highest BCUT2D eigenvalue weighted by atomic mass is 79.9. The number of nitrogens with zero attached hydrogens (tertiary/aromatic N) is 3. The Labute approximate surface area is 103 Å². The normalized spacial score (nSPS) is 22.0. The fourth-order valence-electron chi connectivity index (χ4n) is 2.43. The van der Waals surface area contributed by atoms with Crippen LogP contribution in [0.4, 0.5) is 0 Å². The van der Waals surface area contributed by atoms with Gasteiger partial charge in [-0.3, -0.25) is 4.90 Å². The Bertz CT molecular complexity index is 520. The van der Waals surface area contributed by atoms with Gasteiger partial charge in [0.25, 0.3) is 0 Å². The number of halogens is 1. The van der Waals surface area contributed by atoms with Gasteiger partial charge in [-0.15, -0.1) is 0 Å². The zero-order valence-electron chi connectivity index (χ0n) is 9.23. The first kappa shape index (κ1) is 10.3. The summed E-state index contributed by atoms with van der Waals surface area (Å²) in [5, 5.41) is 0. The van der Waals surface area contributed by atoms with Crippen molar-refractivity contribution >= 4 is 21.6 Å². The van der Waals surface area contributed by atoms with Crippen LogP contribution in [0.1, 0.15) is 24.6 Å². The van der Waals surface area contributed by atoms with Gasteiger partial charge >= 0.3 is 0 Å². The van der Waals surface area contributed by atoms with Crippen molar-refractivity contribution in [2.45, 2.75) is 18.9 Å². The average Bonchev–Trinajstić information content (AvgIpc) is 2.82. The molecule has 3 nitrogen and oxygen atoms in total. The number of hydrogen-bond donors (Lipinski definition) is 0. The molecule has 3 rings (SSSR count). The molecular weight excluding hydrogens is 266 g/mol. The lowest BCUT2D eigenvalue weighted by Crippen LogP contribution is -2.17. The SMILES string of the molecule is CN1CCC[C@@H]1c1cn2cc(Br)ccc2n1. The van der Waals surface area contributed by atoms with Crippen LogP contribution in [0.25, 0.3) is 5.65 Å². The van der Waals surface area contributed by atoms with Crippen molar-refractivity contribution < 1.29 is 0 Å². The minimum atomic E-state index is 0.499. The van der Waals surface area contributed by atoms with Crippen LogP contribution in [0.5, 0.6) is 0 Å². The summed E-state index contributed by atoms with van der Waals surface area (Å²) >= 11 is 3.48. The highest BCUT2D eigenvalue weighted by molar-refractivity contribution is 9.10. The molecule has 0 bridgehead atoms. The summed E-state index contributed by atoms with van der Waals surface area (Å²) in [6, 6.07) is 4.58. The zero-order chi connectivity index (χ0) is 11.1. The first-order chi connectivity index (χ1) is 7.74. The second-order valence-electron chi connectivity index (χ2n) is 4.42. The Balaban J connectivity index is 2.04. The lowest BCUT2D eigenvalue weighted by molar-refractivity contribution is 0.313. The van der Waals surface area contributed by atoms with Crippen LogP contribution in [-0.2, 0) is 0 Å². The Morgan fingerprint density at radius 2 is 2.25 bits per heavy atom. The fourth-order valence-corrected chi connectivity index (χ4v) is 2.78. The van der Waals surface area contributed by atoms with Gasteiger partial charge in [-0.05, 0) is 54.5 Å². The first-order valence-electron chi connectivity index (χ1n) is 5.58. The van der Waals surface area contributed by atoms with Gasteiger partial charge in [0, 0.05) is 16.9 Å². The molecule has 0 unspecified atom stereocenters. The van der Waals surface area contributed by atoms with Gasteiger partial charge in [0.15, 0.2) is 0 Å². The summed E-state index contributed by atoms with van der Waals surface area (Å²) in [5.41, 5.74) is 2.22. The highest BCUT2D eigenvalue weighted by Crippen LogP contribution is 2.29. The van der Waals surface area contributed by atoms with Crippen LogP contribution in [0.2, 0.25) is 0 Å². The van der Waals surface area contributed by atoms with Crippen molar-refractivity contribution in [3.8, 4) is 0 Å². The molecule has 2 aromatic rings. The van der Waals surface area contributed by atoms with Crippen LogP contribution >= 0.6 is 15.9 Å². The molecule has 0 aromatic carbocycles. The van der Waals surface area contributed by atoms with Gasteiger partial charge in [0.1, 0.15) is 5.65 Å². The van der Waals surface area contributed by atoms with Gasteiger partial charge in [0.2, 0.25) is 0 Å². The smallest absolute Gasteiger partial charge is 0.137 e. The highest BCUT2D eigenvalue weighted by Gasteiger charge is 2.24. The van der Waals surface area contributed by atoms with Crippen molar-refractivity contribution in [1.82, 2.24) is 14.3 Å². The third-order valence-electron chi connectivity index (χ3n) is 3.30. The number of imidazole rings is 1. The summed E-state index contributed by atoms with van der Waals surface area (Å²) in [7, 11) is 2.18. The number of hydrogen-bond acceptors (Lipinski definition) is 2. The van der Waals surface area contributed by atoms with E-state index in [0.29, 0.717) is 6.04 Å². The first-order valence-corrected chi connectivity index (χ1v) is 6.38. The van der Waals surface area contributed by atoms with Crippen LogP contribution in [0, 0.1) is 0 Å². The van der Waals surface area contributed by atoms with Crippen molar-refractivity contribution in [2.75, 3.05) is 13.6 Å². The molecule has 1 aliphatic heterocycles. The van der Waals surface area contributed by atoms with Crippen molar-refractivity contribution in [1.29, 1.82) is 0 Å². The number of aromatic nitrogens is 2. The topological polar surface area (TPSA) is 20.5 Å². The predicted molar refractivity (Wildman–Crippen MR) is 67.5 cm³/mol. The molecule has 0 aliphatic carbocycles. The number of pyridine rings is 1. The van der Waals surface area contributed by atoms with Gasteiger partial charge < -0.3 is 4.40 Å². The Kier molecular flexibility index (Phi) is 2.48. The molecule has 16 heavy (non-hydrogen) atoms. The largest absolute Gasteiger partial charge is 0.306 e. The van der Waals surface area contributed by atoms with E-state index in [0.717, 1.165) is 10.1 Å². The molecule has 0 spiro atoms. The molecular formula is C12H14BrN3. The van der Waals surface area contributed by atoms with Crippen LogP contribution in [0.3, 0.4) is 0 Å². The van der Waals surface area contributed by atoms with E-state index >= 15 is 0 Å². The van der Waals surface area contributed by atoms with E-state index in [2.05, 4.69) is 49.7 Å². The molecule has 0 amide bonds. The summed E-state index contributed by atoms with van der Waals surface area (Å²) in [6.07, 6.45) is 6.70. The maximum atomic E-state index is 4.69. The maximum Gasteiger partial charge on any atom is 0.137 e. The number of rotatable bonds is 1. The van der Waals surface area contributed by atoms with E-state index in [9.17, 15) is 0 Å². The van der Waals surface area contributed by atoms with Crippen LogP contribution in [0.15, 0.2) is 29.0 Å². The molecule has 84 valence electrons. The van der Waals surface area contributed by atoms with E-state index in [1.165, 1.54) is 25.1 Å². The monoisotopic (exact) mass is 279 g/mol. The standard InChI is InChI=1S/C12H14BrN3/c1-15-6-2-3-11(15)10-8-16-7-9(13)4-5-12(16)14-10/h4-5,7-8,11H,2-3,6H2,1H3/t11-/m1/s1. The molecule has 0 radical (unpaired) electrons. The minimum Gasteiger partial charge on any atom is -0.306 e. The predicted octanol–water partition coefficient (Wildman–Crippen LogP) is 2.86. The van der Waals surface area contributed by atoms with Crippen molar-refractivity contribution in [3.63, 3.8) is 0 Å². The summed E-state index contributed by atoms with van der Waals surface area (Å²) < 4.78 is 3.18. The van der Waals surface area contributed by atoms with Gasteiger partial charge in [-0.25, -0.2) is 4.98 Å². The Morgan fingerprint density at radius 1 is 1.38 bits per heavy atom. The Morgan fingerprint density at radius 3 is 3.00 bits per heavy atom. The summed E-state index contributed by atoms with van der Waals surface area (Å²) in [4.78, 5) is 7.07. The quantitative estimate of drug-likeness (QED) is 0.800. The third-order valence-corrected chi connectivity index (χ3v) is 3.76. The zero-order valence-corrected chi connectivity index (χ0v) is 10.8. The molecule has 0 N–H and O–H groups in total. The van der Waals surface area contributed by atoms with Gasteiger partial charge in [-0.2, -0.15) is 0 Å². The van der Waals surface area contributed by atoms with Crippen LogP contribution < -0.4 is 0 Å². The lowest BCUT2D eigenvalue weighted by atomic mass is 10.2. The summed E-state index contributed by atoms with van der Waals surface area (Å²) in [6.45, 7) is 1.18. The number of likely N-dealkylation sites (tertiary alicyclic amines) is 1. The molecule has 4 heteroatoms. The third kappa shape index (κ3) is 1.66. The molecule has 3 heterocycles. The van der Waals surface area contributed by atoms with Gasteiger partial charge in [0.05, 0.1) is 11.7 Å². The molecule has 1 saturated heterocycles. The van der Waals surface area contributed by atoms with Gasteiger partial charge in [-0.1, -0.05) is 0 Å². The van der Waals surface area contributed by atoms with E-state index in [1.807, 2.05) is 12.1 Å². The van der Waals surface area contributed by atoms with E-state index in [-0.39, 0.29) is 0 Å². The maximum absolute atomic E-state index is 4.69. The van der Waals surface area contributed by atoms with Crippen molar-refractivity contribution in [3.05, 3.63) is 34.7 Å². The Hall–Kier alpha value is -0.870. The molecule has 0 saturated carbocycles. The average molecular weight is 280 g/mol. The van der Waals surface area contributed by atoms with E-state index < -0.39 is 0 Å². The van der Waals surface area contributed by atoms with E-state index in [4.69, 9.17) is 0 Å². The molecule has 2 aromatic heterocycles. The fraction of sp³-hybridized carbons (Fsp3) is 0.417. The second-order valence-corrected chi connectivity index (χ2v) is 5.33. The van der Waals surface area contributed by atoms with E-state index in [1.54, 1.807) is 0 Å². The molecule has 1 atom stereocenters. The molecule has 1 aliphatic rings. The van der Waals surface area contributed by atoms with Crippen LogP contribution in [-0.4, -0.2) is 27.9 Å². The number of fused-ring (bicyclic) bond motifs is 1. The lowest BCUT2D eigenvalue weighted by Gasteiger charge is -2.16. The minimum absolute atomic E-state index is 0.499.